The minimum atomic E-state index is -0.558. The van der Waals surface area contributed by atoms with Crippen LogP contribution in [0.25, 0.3) is 0 Å². The molecule has 7 heteroatoms. The van der Waals surface area contributed by atoms with Crippen molar-refractivity contribution in [3.63, 3.8) is 0 Å². The Morgan fingerprint density at radius 2 is 2.18 bits per heavy atom. The van der Waals surface area contributed by atoms with E-state index in [1.807, 2.05) is 0 Å². The predicted octanol–water partition coefficient (Wildman–Crippen LogP) is 3.67. The van der Waals surface area contributed by atoms with Crippen molar-refractivity contribution in [2.24, 2.45) is 0 Å². The molecule has 1 aliphatic rings. The molecule has 22 heavy (non-hydrogen) atoms. The summed E-state index contributed by atoms with van der Waals surface area (Å²) in [5.41, 5.74) is 1.00. The molecule has 4 nitrogen and oxygen atoms in total. The lowest BCUT2D eigenvalue weighted by molar-refractivity contribution is -0.0230. The van der Waals surface area contributed by atoms with Gasteiger partial charge in [-0.1, -0.05) is 23.2 Å². The van der Waals surface area contributed by atoms with Crippen LogP contribution in [0.4, 0.5) is 4.39 Å². The standard InChI is InChI=1S/C15H13Cl2FN2O2/c16-10-7-11(17)12(18)6-9(10)14-8-20(4-5-22-14)15(21)13-2-1-3-19-13/h1-3,6-7,14,19H,4-5,8H2. The molecule has 2 heterocycles. The molecule has 1 aromatic carbocycles. The molecule has 116 valence electrons. The molecule has 0 saturated carbocycles. The molecule has 1 amide bonds. The number of halogens is 3. The van der Waals surface area contributed by atoms with Crippen LogP contribution in [0.1, 0.15) is 22.2 Å². The molecule has 0 aliphatic carbocycles. The van der Waals surface area contributed by atoms with E-state index in [0.717, 1.165) is 0 Å². The topological polar surface area (TPSA) is 45.3 Å². The zero-order chi connectivity index (χ0) is 15.7. The number of aromatic amines is 1. The number of ether oxygens (including phenoxy) is 1. The summed E-state index contributed by atoms with van der Waals surface area (Å²) in [6.45, 7) is 1.14. The Labute approximate surface area is 136 Å². The predicted molar refractivity (Wildman–Crippen MR) is 81.8 cm³/mol. The molecule has 0 radical (unpaired) electrons. The van der Waals surface area contributed by atoms with Crippen molar-refractivity contribution < 1.29 is 13.9 Å². The van der Waals surface area contributed by atoms with E-state index < -0.39 is 11.9 Å². The third-order valence-electron chi connectivity index (χ3n) is 3.57. The summed E-state index contributed by atoms with van der Waals surface area (Å²) in [5, 5.41) is 0.287. The van der Waals surface area contributed by atoms with E-state index in [1.54, 1.807) is 23.2 Å². The van der Waals surface area contributed by atoms with Gasteiger partial charge in [-0.3, -0.25) is 4.79 Å². The van der Waals surface area contributed by atoms with E-state index in [4.69, 9.17) is 27.9 Å². The van der Waals surface area contributed by atoms with Crippen molar-refractivity contribution in [1.82, 2.24) is 9.88 Å². The number of carbonyl (C=O) groups is 1. The molecule has 0 spiro atoms. The zero-order valence-corrected chi connectivity index (χ0v) is 13.0. The van der Waals surface area contributed by atoms with Crippen LogP contribution in [0.5, 0.6) is 0 Å². The van der Waals surface area contributed by atoms with E-state index >= 15 is 0 Å². The van der Waals surface area contributed by atoms with Gasteiger partial charge in [0.15, 0.2) is 0 Å². The number of H-pyrrole nitrogens is 1. The minimum Gasteiger partial charge on any atom is -0.370 e. The average Bonchev–Trinajstić information content (AvgIpc) is 3.04. The number of hydrogen-bond acceptors (Lipinski definition) is 2. The zero-order valence-electron chi connectivity index (χ0n) is 11.5. The summed E-state index contributed by atoms with van der Waals surface area (Å²) in [5.74, 6) is -0.679. The Morgan fingerprint density at radius 3 is 2.91 bits per heavy atom. The molecular formula is C15H13Cl2FN2O2. The van der Waals surface area contributed by atoms with Crippen molar-refractivity contribution in [3.8, 4) is 0 Å². The number of benzene rings is 1. The maximum Gasteiger partial charge on any atom is 0.270 e. The summed E-state index contributed by atoms with van der Waals surface area (Å²) in [6, 6.07) is 6.08. The van der Waals surface area contributed by atoms with Gasteiger partial charge in [-0.05, 0) is 24.3 Å². The van der Waals surface area contributed by atoms with E-state index in [1.165, 1.54) is 12.1 Å². The van der Waals surface area contributed by atoms with Crippen LogP contribution in [0, 0.1) is 5.82 Å². The van der Waals surface area contributed by atoms with Gasteiger partial charge < -0.3 is 14.6 Å². The first-order valence-electron chi connectivity index (χ1n) is 6.75. The largest absolute Gasteiger partial charge is 0.370 e. The highest BCUT2D eigenvalue weighted by molar-refractivity contribution is 6.35. The molecule has 1 N–H and O–H groups in total. The van der Waals surface area contributed by atoms with Crippen molar-refractivity contribution in [1.29, 1.82) is 0 Å². The second-order valence-electron chi connectivity index (χ2n) is 4.98. The van der Waals surface area contributed by atoms with Gasteiger partial charge in [0.05, 0.1) is 18.2 Å². The molecule has 1 unspecified atom stereocenters. The molecule has 3 rings (SSSR count). The van der Waals surface area contributed by atoms with Crippen molar-refractivity contribution in [3.05, 3.63) is 57.6 Å². The first-order chi connectivity index (χ1) is 10.6. The molecule has 1 aromatic heterocycles. The molecule has 2 aromatic rings. The van der Waals surface area contributed by atoms with Crippen molar-refractivity contribution in [2.75, 3.05) is 19.7 Å². The third kappa shape index (κ3) is 2.97. The van der Waals surface area contributed by atoms with Crippen molar-refractivity contribution >= 4 is 29.1 Å². The Morgan fingerprint density at radius 1 is 1.36 bits per heavy atom. The number of carbonyl (C=O) groups excluding carboxylic acids is 1. The van der Waals surface area contributed by atoms with Crippen LogP contribution in [-0.2, 0) is 4.74 Å². The number of aromatic nitrogens is 1. The van der Waals surface area contributed by atoms with Crippen LogP contribution < -0.4 is 0 Å². The first kappa shape index (κ1) is 15.3. The number of nitrogens with zero attached hydrogens (tertiary/aromatic N) is 1. The van der Waals surface area contributed by atoms with Gasteiger partial charge >= 0.3 is 0 Å². The highest BCUT2D eigenvalue weighted by Crippen LogP contribution is 2.32. The Balaban J connectivity index is 1.81. The number of morpholine rings is 1. The fourth-order valence-corrected chi connectivity index (χ4v) is 2.95. The second kappa shape index (κ2) is 6.28. The smallest absolute Gasteiger partial charge is 0.270 e. The van der Waals surface area contributed by atoms with E-state index in [-0.39, 0.29) is 10.9 Å². The quantitative estimate of drug-likeness (QED) is 0.846. The van der Waals surface area contributed by atoms with Gasteiger partial charge in [0, 0.05) is 23.3 Å². The van der Waals surface area contributed by atoms with Crippen LogP contribution >= 0.6 is 23.2 Å². The lowest BCUT2D eigenvalue weighted by Crippen LogP contribution is -2.42. The van der Waals surface area contributed by atoms with Crippen LogP contribution in [0.15, 0.2) is 30.5 Å². The average molecular weight is 343 g/mol. The highest BCUT2D eigenvalue weighted by atomic mass is 35.5. The minimum absolute atomic E-state index is 0.0381. The third-order valence-corrected chi connectivity index (χ3v) is 4.19. The van der Waals surface area contributed by atoms with Crippen LogP contribution in [-0.4, -0.2) is 35.5 Å². The highest BCUT2D eigenvalue weighted by Gasteiger charge is 2.28. The van der Waals surface area contributed by atoms with Crippen LogP contribution in [0.3, 0.4) is 0 Å². The molecule has 1 fully saturated rings. The normalized spacial score (nSPS) is 18.5. The SMILES string of the molecule is O=C(c1ccc[nH]1)N1CCOC(c2cc(F)c(Cl)cc2Cl)C1. The molecule has 0 bridgehead atoms. The van der Waals surface area contributed by atoms with Gasteiger partial charge in [-0.25, -0.2) is 4.39 Å². The summed E-state index contributed by atoms with van der Waals surface area (Å²) in [7, 11) is 0. The van der Waals surface area contributed by atoms with Gasteiger partial charge in [0.25, 0.3) is 5.91 Å². The number of nitrogens with one attached hydrogen (secondary N) is 1. The molecule has 1 aliphatic heterocycles. The first-order valence-corrected chi connectivity index (χ1v) is 7.50. The summed E-state index contributed by atoms with van der Waals surface area (Å²) in [6.07, 6.45) is 1.21. The van der Waals surface area contributed by atoms with E-state index in [0.29, 0.717) is 36.0 Å². The maximum atomic E-state index is 13.7. The second-order valence-corrected chi connectivity index (χ2v) is 5.80. The lowest BCUT2D eigenvalue weighted by Gasteiger charge is -2.33. The van der Waals surface area contributed by atoms with Gasteiger partial charge in [-0.15, -0.1) is 0 Å². The summed E-state index contributed by atoms with van der Waals surface area (Å²) >= 11 is 11.8. The molecule has 1 saturated heterocycles. The van der Waals surface area contributed by atoms with Crippen LogP contribution in [0.2, 0.25) is 10.0 Å². The van der Waals surface area contributed by atoms with E-state index in [9.17, 15) is 9.18 Å². The lowest BCUT2D eigenvalue weighted by atomic mass is 10.1. The Hall–Kier alpha value is -1.56. The number of hydrogen-bond donors (Lipinski definition) is 1. The fraction of sp³-hybridized carbons (Fsp3) is 0.267. The molecular weight excluding hydrogens is 330 g/mol. The molecule has 1 atom stereocenters. The maximum absolute atomic E-state index is 13.7. The van der Waals surface area contributed by atoms with Gasteiger partial charge in [-0.2, -0.15) is 0 Å². The van der Waals surface area contributed by atoms with Gasteiger partial charge in [0.1, 0.15) is 17.6 Å². The number of rotatable bonds is 2. The van der Waals surface area contributed by atoms with Crippen molar-refractivity contribution in [2.45, 2.75) is 6.10 Å². The Bertz CT molecular complexity index is 691. The van der Waals surface area contributed by atoms with E-state index in [2.05, 4.69) is 4.98 Å². The number of amides is 1. The monoisotopic (exact) mass is 342 g/mol. The Kier molecular flexibility index (Phi) is 4.38. The van der Waals surface area contributed by atoms with Gasteiger partial charge in [0.2, 0.25) is 0 Å². The summed E-state index contributed by atoms with van der Waals surface area (Å²) in [4.78, 5) is 16.9. The summed E-state index contributed by atoms with van der Waals surface area (Å²) < 4.78 is 19.3. The fourth-order valence-electron chi connectivity index (χ4n) is 2.44.